The Morgan fingerprint density at radius 1 is 0.933 bits per heavy atom. The Hall–Kier alpha value is -1.63. The lowest BCUT2D eigenvalue weighted by molar-refractivity contribution is -0.694. The summed E-state index contributed by atoms with van der Waals surface area (Å²) in [7, 11) is 0. The van der Waals surface area contributed by atoms with Gasteiger partial charge in [0.2, 0.25) is 0 Å². The van der Waals surface area contributed by atoms with Crippen LogP contribution < -0.4 is 4.57 Å². The number of aromatic nitrogens is 1. The van der Waals surface area contributed by atoms with Crippen LogP contribution in [-0.2, 0) is 6.54 Å². The van der Waals surface area contributed by atoms with Gasteiger partial charge in [0.15, 0.2) is 18.4 Å². The van der Waals surface area contributed by atoms with E-state index >= 15 is 0 Å². The second-order valence-electron chi connectivity index (χ2n) is 3.96. The molecule has 1 aromatic carbocycles. The molecule has 1 nitrogen and oxygen atoms in total. The van der Waals surface area contributed by atoms with Crippen LogP contribution in [0.1, 0.15) is 16.8 Å². The molecule has 0 fully saturated rings. The number of pyridine rings is 1. The fourth-order valence-electron chi connectivity index (χ4n) is 1.69. The largest absolute Gasteiger partial charge is 0.198 e. The minimum absolute atomic E-state index is 0.953. The average Bonchev–Trinajstić information content (AvgIpc) is 2.25. The van der Waals surface area contributed by atoms with Crippen LogP contribution in [0.3, 0.4) is 0 Å². The fourth-order valence-corrected chi connectivity index (χ4v) is 1.69. The second kappa shape index (κ2) is 4.26. The summed E-state index contributed by atoms with van der Waals surface area (Å²) < 4.78 is 2.28. The van der Waals surface area contributed by atoms with Crippen molar-refractivity contribution in [2.75, 3.05) is 0 Å². The molecule has 1 heterocycles. The summed E-state index contributed by atoms with van der Waals surface area (Å²) in [5.74, 6) is 0. The highest BCUT2D eigenvalue weighted by atomic mass is 14.9. The molecule has 0 amide bonds. The molecule has 0 radical (unpaired) electrons. The standard InChI is InChI=1S/C14H16N/c1-12-8-9-13(2)15(10-12)11-14-6-4-3-5-7-14/h3-10H,11H2,1-2H3/q+1. The summed E-state index contributed by atoms with van der Waals surface area (Å²) >= 11 is 0. The van der Waals surface area contributed by atoms with Crippen molar-refractivity contribution in [3.05, 3.63) is 65.5 Å². The lowest BCUT2D eigenvalue weighted by atomic mass is 10.2. The Bertz CT molecular complexity index is 446. The maximum atomic E-state index is 2.28. The van der Waals surface area contributed by atoms with Gasteiger partial charge in [-0.2, -0.15) is 4.57 Å². The van der Waals surface area contributed by atoms with Gasteiger partial charge in [0.1, 0.15) is 0 Å². The smallest absolute Gasteiger partial charge is 0.178 e. The summed E-state index contributed by atoms with van der Waals surface area (Å²) in [5, 5.41) is 0. The SMILES string of the molecule is Cc1ccc(C)[n+](Cc2ccccc2)c1. The fraction of sp³-hybridized carbons (Fsp3) is 0.214. The Kier molecular flexibility index (Phi) is 2.82. The van der Waals surface area contributed by atoms with E-state index in [1.54, 1.807) is 0 Å². The van der Waals surface area contributed by atoms with Crippen molar-refractivity contribution in [2.24, 2.45) is 0 Å². The predicted octanol–water partition coefficient (Wildman–Crippen LogP) is 2.64. The number of rotatable bonds is 2. The first kappa shape index (κ1) is 9.91. The summed E-state index contributed by atoms with van der Waals surface area (Å²) in [5.41, 5.74) is 3.94. The third-order valence-electron chi connectivity index (χ3n) is 2.60. The van der Waals surface area contributed by atoms with E-state index in [1.165, 1.54) is 16.8 Å². The van der Waals surface area contributed by atoms with Crippen molar-refractivity contribution in [2.45, 2.75) is 20.4 Å². The van der Waals surface area contributed by atoms with E-state index in [0.717, 1.165) is 6.54 Å². The zero-order valence-electron chi connectivity index (χ0n) is 9.27. The molecule has 2 rings (SSSR count). The highest BCUT2D eigenvalue weighted by molar-refractivity contribution is 5.14. The molecule has 0 spiro atoms. The first-order valence-electron chi connectivity index (χ1n) is 5.26. The van der Waals surface area contributed by atoms with Gasteiger partial charge in [0, 0.05) is 24.1 Å². The number of hydrogen-bond acceptors (Lipinski definition) is 0. The number of nitrogens with zero attached hydrogens (tertiary/aromatic N) is 1. The molecule has 0 saturated heterocycles. The van der Waals surface area contributed by atoms with Crippen LogP contribution >= 0.6 is 0 Å². The highest BCUT2D eigenvalue weighted by Crippen LogP contribution is 2.00. The van der Waals surface area contributed by atoms with E-state index < -0.39 is 0 Å². The molecular weight excluding hydrogens is 182 g/mol. The molecule has 0 bridgehead atoms. The molecule has 0 unspecified atom stereocenters. The maximum Gasteiger partial charge on any atom is 0.178 e. The van der Waals surface area contributed by atoms with Crippen LogP contribution in [-0.4, -0.2) is 0 Å². The van der Waals surface area contributed by atoms with Gasteiger partial charge in [-0.25, -0.2) is 0 Å². The second-order valence-corrected chi connectivity index (χ2v) is 3.96. The first-order chi connectivity index (χ1) is 7.25. The molecule has 2 aromatic rings. The Morgan fingerprint density at radius 3 is 2.40 bits per heavy atom. The third-order valence-corrected chi connectivity index (χ3v) is 2.60. The van der Waals surface area contributed by atoms with Crippen LogP contribution in [0.2, 0.25) is 0 Å². The zero-order valence-corrected chi connectivity index (χ0v) is 9.27. The lowest BCUT2D eigenvalue weighted by Gasteiger charge is -2.01. The molecule has 1 aromatic heterocycles. The molecular formula is C14H16N+. The highest BCUT2D eigenvalue weighted by Gasteiger charge is 2.06. The van der Waals surface area contributed by atoms with Crippen LogP contribution in [0.5, 0.6) is 0 Å². The zero-order chi connectivity index (χ0) is 10.7. The van der Waals surface area contributed by atoms with E-state index in [-0.39, 0.29) is 0 Å². The van der Waals surface area contributed by atoms with Gasteiger partial charge in [-0.1, -0.05) is 30.3 Å². The molecule has 0 aliphatic heterocycles. The maximum absolute atomic E-state index is 2.28. The van der Waals surface area contributed by atoms with Gasteiger partial charge in [0.25, 0.3) is 0 Å². The number of hydrogen-bond donors (Lipinski definition) is 0. The van der Waals surface area contributed by atoms with Crippen LogP contribution in [0, 0.1) is 13.8 Å². The topological polar surface area (TPSA) is 3.88 Å². The Labute approximate surface area is 91.0 Å². The quantitative estimate of drug-likeness (QED) is 0.653. The molecule has 0 aliphatic rings. The average molecular weight is 198 g/mol. The summed E-state index contributed by atoms with van der Waals surface area (Å²) in [6.45, 7) is 5.22. The number of aryl methyl sites for hydroxylation is 2. The van der Waals surface area contributed by atoms with Crippen molar-refractivity contribution in [3.8, 4) is 0 Å². The van der Waals surface area contributed by atoms with Crippen LogP contribution in [0.15, 0.2) is 48.7 Å². The summed E-state index contributed by atoms with van der Waals surface area (Å²) in [6.07, 6.45) is 2.20. The molecule has 76 valence electrons. The Morgan fingerprint density at radius 2 is 1.67 bits per heavy atom. The lowest BCUT2D eigenvalue weighted by Crippen LogP contribution is -2.37. The van der Waals surface area contributed by atoms with E-state index in [4.69, 9.17) is 0 Å². The first-order valence-corrected chi connectivity index (χ1v) is 5.26. The molecule has 15 heavy (non-hydrogen) atoms. The molecule has 1 heteroatoms. The minimum Gasteiger partial charge on any atom is -0.198 e. The molecule has 0 saturated carbocycles. The van der Waals surface area contributed by atoms with Crippen molar-refractivity contribution in [1.82, 2.24) is 0 Å². The van der Waals surface area contributed by atoms with Crippen molar-refractivity contribution in [1.29, 1.82) is 0 Å². The van der Waals surface area contributed by atoms with Crippen LogP contribution in [0.4, 0.5) is 0 Å². The third kappa shape index (κ3) is 2.44. The van der Waals surface area contributed by atoms with Crippen LogP contribution in [0.25, 0.3) is 0 Å². The summed E-state index contributed by atoms with van der Waals surface area (Å²) in [6, 6.07) is 14.9. The normalized spacial score (nSPS) is 10.3. The van der Waals surface area contributed by atoms with Gasteiger partial charge >= 0.3 is 0 Å². The Balaban J connectivity index is 2.28. The van der Waals surface area contributed by atoms with E-state index in [2.05, 4.69) is 67.1 Å². The van der Waals surface area contributed by atoms with Crippen molar-refractivity contribution in [3.63, 3.8) is 0 Å². The number of benzene rings is 1. The van der Waals surface area contributed by atoms with E-state index in [0.29, 0.717) is 0 Å². The molecule has 0 atom stereocenters. The van der Waals surface area contributed by atoms with Gasteiger partial charge in [-0.15, -0.1) is 0 Å². The van der Waals surface area contributed by atoms with Gasteiger partial charge in [-0.3, -0.25) is 0 Å². The summed E-state index contributed by atoms with van der Waals surface area (Å²) in [4.78, 5) is 0. The molecule has 0 N–H and O–H groups in total. The van der Waals surface area contributed by atoms with Gasteiger partial charge in [0.05, 0.1) is 0 Å². The monoisotopic (exact) mass is 198 g/mol. The van der Waals surface area contributed by atoms with Crippen molar-refractivity contribution < 1.29 is 4.57 Å². The van der Waals surface area contributed by atoms with Gasteiger partial charge in [-0.05, 0) is 13.0 Å². The predicted molar refractivity (Wildman–Crippen MR) is 61.7 cm³/mol. The van der Waals surface area contributed by atoms with E-state index in [9.17, 15) is 0 Å². The van der Waals surface area contributed by atoms with E-state index in [1.807, 2.05) is 0 Å². The molecule has 0 aliphatic carbocycles. The van der Waals surface area contributed by atoms with Crippen molar-refractivity contribution >= 4 is 0 Å². The minimum atomic E-state index is 0.953. The van der Waals surface area contributed by atoms with Gasteiger partial charge < -0.3 is 0 Å².